The summed E-state index contributed by atoms with van der Waals surface area (Å²) in [6.45, 7) is 2.06. The number of piperidine rings is 1. The normalized spacial score (nSPS) is 20.3. The van der Waals surface area contributed by atoms with Gasteiger partial charge in [-0.05, 0) is 65.8 Å². The summed E-state index contributed by atoms with van der Waals surface area (Å²) >= 11 is 6.00. The molecular weight excluding hydrogens is 368 g/mol. The number of halogens is 1. The Balaban J connectivity index is 1.24. The van der Waals surface area contributed by atoms with Gasteiger partial charge in [0.05, 0.1) is 0 Å². The van der Waals surface area contributed by atoms with Gasteiger partial charge in [0, 0.05) is 35.4 Å². The van der Waals surface area contributed by atoms with Crippen LogP contribution in [0.2, 0.25) is 5.02 Å². The van der Waals surface area contributed by atoms with Crippen molar-refractivity contribution in [2.45, 2.75) is 25.3 Å². The Hall–Kier alpha value is -2.52. The summed E-state index contributed by atoms with van der Waals surface area (Å²) in [6, 6.07) is 22.4. The van der Waals surface area contributed by atoms with Gasteiger partial charge in [0.15, 0.2) is 0 Å². The molecule has 3 nitrogen and oxygen atoms in total. The zero-order valence-electron chi connectivity index (χ0n) is 15.7. The number of hydrogen-bond donors (Lipinski definition) is 1. The monoisotopic (exact) mass is 390 g/mol. The molecule has 0 bridgehead atoms. The summed E-state index contributed by atoms with van der Waals surface area (Å²) in [6.07, 6.45) is 3.34. The first-order chi connectivity index (χ1) is 13.6. The Morgan fingerprint density at radius 2 is 1.68 bits per heavy atom. The predicted molar refractivity (Wildman–Crippen MR) is 115 cm³/mol. The van der Waals surface area contributed by atoms with Crippen LogP contribution >= 0.6 is 11.6 Å². The van der Waals surface area contributed by atoms with Crippen molar-refractivity contribution in [1.29, 1.82) is 0 Å². The summed E-state index contributed by atoms with van der Waals surface area (Å²) in [5.74, 6) is 0.0544. The Labute approximate surface area is 170 Å². The topological polar surface area (TPSA) is 32.3 Å². The maximum atomic E-state index is 12.9. The molecule has 28 heavy (non-hydrogen) atoms. The standard InChI is InChI=1S/C24H23ClN2O/c25-18-8-10-19(11-9-18)27-14-12-24(13-15-27)16-22(24)26-23(28)21-7-3-5-17-4-1-2-6-20(17)21/h1-11,22H,12-16H2,(H,26,28). The minimum atomic E-state index is 0.0544. The summed E-state index contributed by atoms with van der Waals surface area (Å²) in [5.41, 5.74) is 2.29. The van der Waals surface area contributed by atoms with E-state index in [2.05, 4.69) is 34.5 Å². The highest BCUT2D eigenvalue weighted by molar-refractivity contribution is 6.30. The van der Waals surface area contributed by atoms with Crippen LogP contribution in [0.15, 0.2) is 66.7 Å². The zero-order chi connectivity index (χ0) is 19.1. The molecule has 1 amide bonds. The molecule has 1 spiro atoms. The Morgan fingerprint density at radius 1 is 0.964 bits per heavy atom. The van der Waals surface area contributed by atoms with Crippen LogP contribution in [0.5, 0.6) is 0 Å². The summed E-state index contributed by atoms with van der Waals surface area (Å²) in [7, 11) is 0. The Kier molecular flexibility index (Phi) is 4.28. The third kappa shape index (κ3) is 3.14. The van der Waals surface area contributed by atoms with E-state index in [1.54, 1.807) is 0 Å². The van der Waals surface area contributed by atoms with Crippen LogP contribution < -0.4 is 10.2 Å². The lowest BCUT2D eigenvalue weighted by Crippen LogP contribution is -2.38. The fraction of sp³-hybridized carbons (Fsp3) is 0.292. The molecular formula is C24H23ClN2O. The molecule has 1 atom stereocenters. The van der Waals surface area contributed by atoms with Crippen LogP contribution in [0, 0.1) is 5.41 Å². The second kappa shape index (κ2) is 6.82. The predicted octanol–water partition coefficient (Wildman–Crippen LogP) is 5.28. The largest absolute Gasteiger partial charge is 0.371 e. The number of amides is 1. The highest BCUT2D eigenvalue weighted by Gasteiger charge is 2.55. The van der Waals surface area contributed by atoms with E-state index in [1.165, 1.54) is 5.69 Å². The lowest BCUT2D eigenvalue weighted by molar-refractivity contribution is 0.0945. The summed E-state index contributed by atoms with van der Waals surface area (Å²) < 4.78 is 0. The number of nitrogens with zero attached hydrogens (tertiary/aromatic N) is 1. The number of carbonyl (C=O) groups is 1. The second-order valence-corrected chi connectivity index (χ2v) is 8.52. The van der Waals surface area contributed by atoms with Crippen molar-refractivity contribution in [1.82, 2.24) is 5.32 Å². The fourth-order valence-electron chi connectivity index (χ4n) is 4.63. The lowest BCUT2D eigenvalue weighted by Gasteiger charge is -2.34. The molecule has 1 saturated carbocycles. The van der Waals surface area contributed by atoms with Gasteiger partial charge in [-0.15, -0.1) is 0 Å². The van der Waals surface area contributed by atoms with Crippen LogP contribution in [0.3, 0.4) is 0 Å². The van der Waals surface area contributed by atoms with E-state index in [9.17, 15) is 4.79 Å². The molecule has 1 saturated heterocycles. The first kappa shape index (κ1) is 17.6. The number of carbonyl (C=O) groups excluding carboxylic acids is 1. The van der Waals surface area contributed by atoms with Gasteiger partial charge < -0.3 is 10.2 Å². The van der Waals surface area contributed by atoms with Gasteiger partial charge in [-0.2, -0.15) is 0 Å². The average Bonchev–Trinajstić information content (AvgIpc) is 3.39. The molecule has 0 aromatic heterocycles. The minimum Gasteiger partial charge on any atom is -0.371 e. The van der Waals surface area contributed by atoms with Crippen molar-refractivity contribution in [2.75, 3.05) is 18.0 Å². The molecule has 2 fully saturated rings. The van der Waals surface area contributed by atoms with E-state index < -0.39 is 0 Å². The van der Waals surface area contributed by atoms with E-state index in [-0.39, 0.29) is 11.3 Å². The molecule has 4 heteroatoms. The third-order valence-electron chi connectivity index (χ3n) is 6.48. The van der Waals surface area contributed by atoms with Crippen molar-refractivity contribution < 1.29 is 4.79 Å². The number of fused-ring (bicyclic) bond motifs is 1. The fourth-order valence-corrected chi connectivity index (χ4v) is 4.75. The maximum Gasteiger partial charge on any atom is 0.252 e. The van der Waals surface area contributed by atoms with E-state index in [1.807, 2.05) is 42.5 Å². The van der Waals surface area contributed by atoms with Crippen LogP contribution in [0.25, 0.3) is 10.8 Å². The highest BCUT2D eigenvalue weighted by Crippen LogP contribution is 2.54. The molecule has 1 heterocycles. The van der Waals surface area contributed by atoms with Gasteiger partial charge in [0.1, 0.15) is 0 Å². The first-order valence-electron chi connectivity index (χ1n) is 9.94. The van der Waals surface area contributed by atoms with Crippen molar-refractivity contribution in [3.05, 3.63) is 77.3 Å². The maximum absolute atomic E-state index is 12.9. The molecule has 2 aliphatic rings. The van der Waals surface area contributed by atoms with Crippen molar-refractivity contribution in [3.63, 3.8) is 0 Å². The average molecular weight is 391 g/mol. The van der Waals surface area contributed by atoms with E-state index in [4.69, 9.17) is 11.6 Å². The molecule has 0 radical (unpaired) electrons. The summed E-state index contributed by atoms with van der Waals surface area (Å²) in [5, 5.41) is 6.21. The highest BCUT2D eigenvalue weighted by atomic mass is 35.5. The van der Waals surface area contributed by atoms with Gasteiger partial charge in [-0.1, -0.05) is 48.0 Å². The lowest BCUT2D eigenvalue weighted by atomic mass is 9.92. The van der Waals surface area contributed by atoms with Crippen LogP contribution in [0.4, 0.5) is 5.69 Å². The van der Waals surface area contributed by atoms with Crippen LogP contribution in [-0.2, 0) is 0 Å². The molecule has 1 N–H and O–H groups in total. The third-order valence-corrected chi connectivity index (χ3v) is 6.73. The molecule has 3 aromatic carbocycles. The number of rotatable bonds is 3. The van der Waals surface area contributed by atoms with E-state index >= 15 is 0 Å². The number of benzene rings is 3. The Bertz CT molecular complexity index is 1020. The van der Waals surface area contributed by atoms with Crippen LogP contribution in [-0.4, -0.2) is 25.0 Å². The van der Waals surface area contributed by atoms with Crippen molar-refractivity contribution in [3.8, 4) is 0 Å². The first-order valence-corrected chi connectivity index (χ1v) is 10.3. The second-order valence-electron chi connectivity index (χ2n) is 8.08. The van der Waals surface area contributed by atoms with Gasteiger partial charge in [0.2, 0.25) is 0 Å². The number of hydrogen-bond acceptors (Lipinski definition) is 2. The van der Waals surface area contributed by atoms with Gasteiger partial charge in [-0.3, -0.25) is 4.79 Å². The number of nitrogens with one attached hydrogen (secondary N) is 1. The molecule has 142 valence electrons. The Morgan fingerprint density at radius 3 is 2.46 bits per heavy atom. The van der Waals surface area contributed by atoms with Gasteiger partial charge >= 0.3 is 0 Å². The molecule has 5 rings (SSSR count). The molecule has 1 unspecified atom stereocenters. The molecule has 3 aromatic rings. The van der Waals surface area contributed by atoms with E-state index in [0.717, 1.165) is 53.7 Å². The van der Waals surface area contributed by atoms with Crippen LogP contribution in [0.1, 0.15) is 29.6 Å². The van der Waals surface area contributed by atoms with Gasteiger partial charge in [0.25, 0.3) is 5.91 Å². The van der Waals surface area contributed by atoms with Crippen molar-refractivity contribution in [2.24, 2.45) is 5.41 Å². The smallest absolute Gasteiger partial charge is 0.252 e. The minimum absolute atomic E-state index is 0.0544. The zero-order valence-corrected chi connectivity index (χ0v) is 16.5. The van der Waals surface area contributed by atoms with Crippen molar-refractivity contribution >= 4 is 34.0 Å². The molecule has 1 aliphatic carbocycles. The molecule has 1 aliphatic heterocycles. The quantitative estimate of drug-likeness (QED) is 0.659. The van der Waals surface area contributed by atoms with E-state index in [0.29, 0.717) is 6.04 Å². The number of anilines is 1. The van der Waals surface area contributed by atoms with Gasteiger partial charge in [-0.25, -0.2) is 0 Å². The SMILES string of the molecule is O=C(NC1CC12CCN(c1ccc(Cl)cc1)CC2)c1cccc2ccccc12. The summed E-state index contributed by atoms with van der Waals surface area (Å²) in [4.78, 5) is 15.3.